The van der Waals surface area contributed by atoms with Gasteiger partial charge in [-0.15, -0.1) is 0 Å². The minimum absolute atomic E-state index is 0.0553. The number of hydrogen-bond acceptors (Lipinski definition) is 5. The molecule has 1 aromatic carbocycles. The largest absolute Gasteiger partial charge is 0.489 e. The van der Waals surface area contributed by atoms with Gasteiger partial charge in [-0.3, -0.25) is 9.59 Å². The molecule has 8 heteroatoms. The lowest BCUT2D eigenvalue weighted by Gasteiger charge is -2.33. The molecule has 0 bridgehead atoms. The molecule has 0 aliphatic carbocycles. The molecule has 2 N–H and O–H groups in total. The quantitative estimate of drug-likeness (QED) is 0.726. The van der Waals surface area contributed by atoms with Crippen LogP contribution in [0.25, 0.3) is 0 Å². The van der Waals surface area contributed by atoms with E-state index in [2.05, 4.69) is 5.32 Å². The van der Waals surface area contributed by atoms with Gasteiger partial charge in [0.05, 0.1) is 5.02 Å². The van der Waals surface area contributed by atoms with Gasteiger partial charge in [-0.1, -0.05) is 11.6 Å². The van der Waals surface area contributed by atoms with Gasteiger partial charge in [0.25, 0.3) is 11.8 Å². The molecule has 2 amide bonds. The number of aliphatic hydroxyl groups is 1. The maximum atomic E-state index is 12.1. The number of halogens is 1. The third-order valence-corrected chi connectivity index (χ3v) is 4.74. The number of carbonyl (C=O) groups is 2. The molecule has 150 valence electrons. The van der Waals surface area contributed by atoms with Crippen LogP contribution in [0.5, 0.6) is 5.75 Å². The summed E-state index contributed by atoms with van der Waals surface area (Å²) in [5, 5.41) is 12.6. The van der Waals surface area contributed by atoms with Crippen LogP contribution in [0.1, 0.15) is 30.1 Å². The summed E-state index contributed by atoms with van der Waals surface area (Å²) in [7, 11) is 3.89. The zero-order valence-corrected chi connectivity index (χ0v) is 16.8. The van der Waals surface area contributed by atoms with E-state index in [1.807, 2.05) is 19.0 Å². The summed E-state index contributed by atoms with van der Waals surface area (Å²) in [5.74, 6) is 0.105. The van der Waals surface area contributed by atoms with Crippen molar-refractivity contribution in [3.05, 3.63) is 28.8 Å². The molecular formula is C19H28ClN3O4. The molecule has 0 radical (unpaired) electrons. The molecule has 1 aliphatic rings. The molecule has 0 spiro atoms. The van der Waals surface area contributed by atoms with Gasteiger partial charge in [0.1, 0.15) is 18.0 Å². The number of carbonyl (C=O) groups excluding carboxylic acids is 2. The molecule has 2 rings (SSSR count). The minimum atomic E-state index is -0.978. The lowest BCUT2D eigenvalue weighted by molar-refractivity contribution is -0.141. The number of nitrogens with zero attached hydrogens (tertiary/aromatic N) is 2. The Kier molecular flexibility index (Phi) is 7.89. The van der Waals surface area contributed by atoms with Crippen molar-refractivity contribution in [2.24, 2.45) is 0 Å². The molecule has 1 atom stereocenters. The van der Waals surface area contributed by atoms with Crippen LogP contribution in [0.15, 0.2) is 18.2 Å². The summed E-state index contributed by atoms with van der Waals surface area (Å²) < 4.78 is 5.95. The van der Waals surface area contributed by atoms with Gasteiger partial charge in [-0.05, 0) is 39.2 Å². The maximum absolute atomic E-state index is 12.1. The number of nitrogens with one attached hydrogen (secondary N) is 1. The highest BCUT2D eigenvalue weighted by atomic mass is 35.5. The third kappa shape index (κ3) is 6.37. The van der Waals surface area contributed by atoms with Crippen LogP contribution in [0.4, 0.5) is 0 Å². The fraction of sp³-hybridized carbons (Fsp3) is 0.579. The van der Waals surface area contributed by atoms with Crippen LogP contribution in [0.3, 0.4) is 0 Å². The second-order valence-electron chi connectivity index (χ2n) is 7.02. The topological polar surface area (TPSA) is 82.1 Å². The van der Waals surface area contributed by atoms with Gasteiger partial charge in [0, 0.05) is 44.6 Å². The van der Waals surface area contributed by atoms with Crippen LogP contribution >= 0.6 is 11.6 Å². The first-order valence-electron chi connectivity index (χ1n) is 9.14. The predicted octanol–water partition coefficient (Wildman–Crippen LogP) is 1.38. The summed E-state index contributed by atoms with van der Waals surface area (Å²) in [6.07, 6.45) is 0.303. The molecular weight excluding hydrogens is 370 g/mol. The third-order valence-electron chi connectivity index (χ3n) is 4.44. The van der Waals surface area contributed by atoms with Crippen molar-refractivity contribution in [2.75, 3.05) is 40.3 Å². The Balaban J connectivity index is 1.87. The van der Waals surface area contributed by atoms with Crippen LogP contribution in [0, 0.1) is 0 Å². The first-order valence-corrected chi connectivity index (χ1v) is 9.51. The van der Waals surface area contributed by atoms with Crippen molar-refractivity contribution in [1.29, 1.82) is 0 Å². The zero-order chi connectivity index (χ0) is 20.0. The Morgan fingerprint density at radius 2 is 2.04 bits per heavy atom. The van der Waals surface area contributed by atoms with E-state index in [0.717, 1.165) is 6.54 Å². The summed E-state index contributed by atoms with van der Waals surface area (Å²) >= 11 is 6.29. The van der Waals surface area contributed by atoms with Gasteiger partial charge in [0.15, 0.2) is 0 Å². The highest BCUT2D eigenvalue weighted by Crippen LogP contribution is 2.28. The molecule has 1 aromatic rings. The SMILES string of the molecule is C[C@@H](O)C(=O)N1CCC(Oc2ccc(C(=O)NCCN(C)C)cc2Cl)CC1. The van der Waals surface area contributed by atoms with Crippen molar-refractivity contribution in [1.82, 2.24) is 15.1 Å². The highest BCUT2D eigenvalue weighted by molar-refractivity contribution is 6.32. The standard InChI is InChI=1S/C19H28ClN3O4/c1-13(24)19(26)23-9-6-15(7-10-23)27-17-5-4-14(12-16(17)20)18(25)21-8-11-22(2)3/h4-5,12-13,15,24H,6-11H2,1-3H3,(H,21,25)/t13-/m1/s1. The van der Waals surface area contributed by atoms with E-state index in [1.165, 1.54) is 6.92 Å². The molecule has 1 aliphatic heterocycles. The number of piperidine rings is 1. The predicted molar refractivity (Wildman–Crippen MR) is 104 cm³/mol. The fourth-order valence-electron chi connectivity index (χ4n) is 2.87. The monoisotopic (exact) mass is 397 g/mol. The second kappa shape index (κ2) is 9.92. The molecule has 1 fully saturated rings. The van der Waals surface area contributed by atoms with E-state index in [4.69, 9.17) is 16.3 Å². The Bertz CT molecular complexity index is 658. The second-order valence-corrected chi connectivity index (χ2v) is 7.43. The van der Waals surface area contributed by atoms with Gasteiger partial charge in [-0.25, -0.2) is 0 Å². The first kappa shape index (κ1) is 21.5. The Morgan fingerprint density at radius 1 is 1.37 bits per heavy atom. The van der Waals surface area contributed by atoms with Crippen molar-refractivity contribution < 1.29 is 19.4 Å². The van der Waals surface area contributed by atoms with Gasteiger partial charge in [-0.2, -0.15) is 0 Å². The normalized spacial score (nSPS) is 16.3. The van der Waals surface area contributed by atoms with E-state index < -0.39 is 6.10 Å². The molecule has 0 saturated carbocycles. The molecule has 1 saturated heterocycles. The molecule has 1 heterocycles. The number of benzene rings is 1. The summed E-state index contributed by atoms with van der Waals surface area (Å²) in [6, 6.07) is 5.00. The van der Waals surface area contributed by atoms with Gasteiger partial charge in [0.2, 0.25) is 0 Å². The lowest BCUT2D eigenvalue weighted by atomic mass is 10.1. The van der Waals surface area contributed by atoms with Gasteiger partial charge < -0.3 is 25.0 Å². The van der Waals surface area contributed by atoms with E-state index in [9.17, 15) is 14.7 Å². The molecule has 27 heavy (non-hydrogen) atoms. The number of amides is 2. The number of ether oxygens (including phenoxy) is 1. The number of hydrogen-bond donors (Lipinski definition) is 2. The Labute approximate surface area is 165 Å². The van der Waals surface area contributed by atoms with E-state index >= 15 is 0 Å². The summed E-state index contributed by atoms with van der Waals surface area (Å²) in [6.45, 7) is 3.88. The zero-order valence-electron chi connectivity index (χ0n) is 16.1. The van der Waals surface area contributed by atoms with Crippen LogP contribution in [-0.4, -0.2) is 79.2 Å². The average Bonchev–Trinajstić information content (AvgIpc) is 2.63. The van der Waals surface area contributed by atoms with E-state index in [1.54, 1.807) is 23.1 Å². The lowest BCUT2D eigenvalue weighted by Crippen LogP contribution is -2.45. The van der Waals surface area contributed by atoms with Gasteiger partial charge >= 0.3 is 0 Å². The summed E-state index contributed by atoms with van der Waals surface area (Å²) in [4.78, 5) is 27.6. The minimum Gasteiger partial charge on any atom is -0.489 e. The fourth-order valence-corrected chi connectivity index (χ4v) is 3.10. The highest BCUT2D eigenvalue weighted by Gasteiger charge is 2.26. The smallest absolute Gasteiger partial charge is 0.251 e. The number of rotatable bonds is 7. The van der Waals surface area contributed by atoms with Crippen LogP contribution in [0.2, 0.25) is 5.02 Å². The Morgan fingerprint density at radius 3 is 2.59 bits per heavy atom. The van der Waals surface area contributed by atoms with Crippen molar-refractivity contribution >= 4 is 23.4 Å². The molecule has 0 unspecified atom stereocenters. The number of likely N-dealkylation sites (N-methyl/N-ethyl adjacent to an activating group) is 1. The number of aliphatic hydroxyl groups excluding tert-OH is 1. The summed E-state index contributed by atoms with van der Waals surface area (Å²) in [5.41, 5.74) is 0.489. The molecule has 7 nitrogen and oxygen atoms in total. The van der Waals surface area contributed by atoms with E-state index in [-0.39, 0.29) is 17.9 Å². The molecule has 0 aromatic heterocycles. The number of likely N-dealkylation sites (tertiary alicyclic amines) is 1. The van der Waals surface area contributed by atoms with Crippen LogP contribution < -0.4 is 10.1 Å². The van der Waals surface area contributed by atoms with Crippen molar-refractivity contribution in [3.8, 4) is 5.75 Å². The first-order chi connectivity index (χ1) is 12.8. The van der Waals surface area contributed by atoms with Crippen LogP contribution in [-0.2, 0) is 4.79 Å². The average molecular weight is 398 g/mol. The van der Waals surface area contributed by atoms with Crippen molar-refractivity contribution in [3.63, 3.8) is 0 Å². The maximum Gasteiger partial charge on any atom is 0.251 e. The van der Waals surface area contributed by atoms with E-state index in [0.29, 0.717) is 48.8 Å². The Hall–Kier alpha value is -1.83. The van der Waals surface area contributed by atoms with Crippen molar-refractivity contribution in [2.45, 2.75) is 32.0 Å².